The number of nitrogens with zero attached hydrogens (tertiary/aromatic N) is 1. The number of hydrogen-bond donors (Lipinski definition) is 2. The third-order valence-electron chi connectivity index (χ3n) is 4.26. The average Bonchev–Trinajstić information content (AvgIpc) is 2.99. The predicted octanol–water partition coefficient (Wildman–Crippen LogP) is 3.83. The molecule has 3 rings (SSSR count). The first-order chi connectivity index (χ1) is 13.7. The smallest absolute Gasteiger partial charge is 0.407 e. The van der Waals surface area contributed by atoms with Gasteiger partial charge in [-0.25, -0.2) is 4.79 Å². The van der Waals surface area contributed by atoms with Gasteiger partial charge < -0.3 is 20.3 Å². The molecule has 0 aliphatic carbocycles. The number of benzene rings is 2. The molecule has 2 aromatic carbocycles. The van der Waals surface area contributed by atoms with Gasteiger partial charge in [-0.1, -0.05) is 36.4 Å². The number of fused-ring (bicyclic) bond motifs is 1. The first kappa shape index (κ1) is 21.2. The normalized spacial score (nSPS) is 17.0. The second kappa shape index (κ2) is 8.90. The molecule has 6 nitrogen and oxygen atoms in total. The second-order valence-corrected chi connectivity index (χ2v) is 8.57. The molecule has 29 heavy (non-hydrogen) atoms. The molecule has 0 radical (unpaired) electrons. The predicted molar refractivity (Wildman–Crippen MR) is 118 cm³/mol. The zero-order valence-corrected chi connectivity index (χ0v) is 18.2. The number of aliphatic imine (C=N–C) groups is 1. The number of alkyl carbamates (subject to hydrolysis) is 1. The van der Waals surface area contributed by atoms with Gasteiger partial charge in [0.15, 0.2) is 0 Å². The van der Waals surface area contributed by atoms with Gasteiger partial charge in [-0.3, -0.25) is 4.99 Å². The Morgan fingerprint density at radius 1 is 1.24 bits per heavy atom. The molecule has 1 amide bonds. The number of halogens is 1. The van der Waals surface area contributed by atoms with Gasteiger partial charge in [-0.15, -0.1) is 0 Å². The fourth-order valence-corrected chi connectivity index (χ4v) is 3.62. The summed E-state index contributed by atoms with van der Waals surface area (Å²) in [6.07, 6.45) is 2.83. The Morgan fingerprint density at radius 3 is 2.66 bits per heavy atom. The summed E-state index contributed by atoms with van der Waals surface area (Å²) in [6, 6.07) is 14.8. The highest BCUT2D eigenvalue weighted by molar-refractivity contribution is 9.10. The van der Waals surface area contributed by atoms with E-state index in [0.717, 1.165) is 21.2 Å². The van der Waals surface area contributed by atoms with E-state index in [4.69, 9.17) is 4.74 Å². The number of quaternary nitrogens is 1. The van der Waals surface area contributed by atoms with E-state index in [2.05, 4.69) is 26.2 Å². The van der Waals surface area contributed by atoms with Crippen molar-refractivity contribution in [3.63, 3.8) is 0 Å². The van der Waals surface area contributed by atoms with Crippen molar-refractivity contribution in [3.8, 4) is 0 Å². The Bertz CT molecular complexity index is 936. The number of rotatable bonds is 5. The molecule has 7 heteroatoms. The van der Waals surface area contributed by atoms with E-state index in [9.17, 15) is 10.0 Å². The van der Waals surface area contributed by atoms with E-state index in [1.54, 1.807) is 18.5 Å². The van der Waals surface area contributed by atoms with Crippen LogP contribution in [0.25, 0.3) is 5.57 Å². The average molecular weight is 458 g/mol. The lowest BCUT2D eigenvalue weighted by Crippen LogP contribution is -2.95. The summed E-state index contributed by atoms with van der Waals surface area (Å²) in [5.41, 5.74) is 2.56. The van der Waals surface area contributed by atoms with Crippen molar-refractivity contribution in [2.75, 3.05) is 6.54 Å². The van der Waals surface area contributed by atoms with Gasteiger partial charge in [0, 0.05) is 28.9 Å². The minimum atomic E-state index is -0.592. The zero-order valence-electron chi connectivity index (χ0n) is 16.6. The van der Waals surface area contributed by atoms with Gasteiger partial charge in [0.25, 0.3) is 0 Å². The molecule has 1 heterocycles. The maximum absolute atomic E-state index is 12.5. The second-order valence-electron chi connectivity index (χ2n) is 7.71. The molecular formula is C22H24BrN3O3. The number of hydrogen-bond acceptors (Lipinski definition) is 4. The standard InChI is InChI=1S/C22H24BrN3O3/c1-22(2,3)29-21(27)25-13-18(24-12-15-8-5-4-6-9-15)16-14-26(28)19-11-7-10-17(23)20(16)19/h4-12,14,18,26H,13H2,1-3H3,(H,25,27). The number of ether oxygens (including phenoxy) is 1. The molecule has 0 fully saturated rings. The Balaban J connectivity index is 1.87. The SMILES string of the molecule is CC(C)(C)OC(=O)NCC(N=Cc1ccccc1)C1=C[NH+]([O-])c2cccc(Br)c21. The monoisotopic (exact) mass is 457 g/mol. The number of carbonyl (C=O) groups is 1. The van der Waals surface area contributed by atoms with Crippen LogP contribution in [0.1, 0.15) is 31.9 Å². The Kier molecular flexibility index (Phi) is 6.52. The highest BCUT2D eigenvalue weighted by atomic mass is 79.9. The first-order valence-electron chi connectivity index (χ1n) is 9.34. The molecule has 1 aliphatic rings. The highest BCUT2D eigenvalue weighted by Crippen LogP contribution is 2.35. The van der Waals surface area contributed by atoms with Gasteiger partial charge in [0.1, 0.15) is 17.5 Å². The van der Waals surface area contributed by atoms with Gasteiger partial charge in [-0.05, 0) is 48.3 Å². The number of amides is 1. The van der Waals surface area contributed by atoms with Gasteiger partial charge in [0.05, 0.1) is 11.6 Å². The number of hydroxylamine groups is 1. The lowest BCUT2D eigenvalue weighted by atomic mass is 10.0. The van der Waals surface area contributed by atoms with E-state index in [1.165, 1.54) is 0 Å². The Hall–Kier alpha value is -2.48. The van der Waals surface area contributed by atoms with Crippen LogP contribution >= 0.6 is 15.9 Å². The summed E-state index contributed by atoms with van der Waals surface area (Å²) >= 11 is 3.54. The Labute approximate surface area is 179 Å². The first-order valence-corrected chi connectivity index (χ1v) is 10.1. The van der Waals surface area contributed by atoms with Crippen LogP contribution in [0.2, 0.25) is 0 Å². The molecule has 0 spiro atoms. The van der Waals surface area contributed by atoms with Gasteiger partial charge in [-0.2, -0.15) is 0 Å². The molecule has 2 atom stereocenters. The van der Waals surface area contributed by atoms with Crippen LogP contribution in [0.4, 0.5) is 10.5 Å². The topological polar surface area (TPSA) is 78.2 Å². The molecular weight excluding hydrogens is 434 g/mol. The minimum absolute atomic E-state index is 0.0616. The molecule has 0 saturated carbocycles. The summed E-state index contributed by atoms with van der Waals surface area (Å²) in [6.45, 7) is 5.63. The summed E-state index contributed by atoms with van der Waals surface area (Å²) in [5, 5.41) is 15.2. The largest absolute Gasteiger partial charge is 0.624 e. The van der Waals surface area contributed by atoms with Gasteiger partial charge in [0.2, 0.25) is 0 Å². The van der Waals surface area contributed by atoms with Crippen molar-refractivity contribution in [3.05, 3.63) is 75.5 Å². The van der Waals surface area contributed by atoms with Crippen LogP contribution in [0.15, 0.2) is 64.2 Å². The molecule has 2 unspecified atom stereocenters. The summed E-state index contributed by atoms with van der Waals surface area (Å²) in [7, 11) is 0. The molecule has 0 bridgehead atoms. The van der Waals surface area contributed by atoms with Crippen molar-refractivity contribution < 1.29 is 14.6 Å². The summed E-state index contributed by atoms with van der Waals surface area (Å²) in [4.78, 5) is 16.8. The van der Waals surface area contributed by atoms with E-state index in [1.807, 2.05) is 63.2 Å². The zero-order chi connectivity index (χ0) is 21.0. The van der Waals surface area contributed by atoms with Crippen LogP contribution < -0.4 is 10.4 Å². The van der Waals surface area contributed by atoms with Crippen LogP contribution in [0.5, 0.6) is 0 Å². The third-order valence-corrected chi connectivity index (χ3v) is 4.92. The van der Waals surface area contributed by atoms with Crippen molar-refractivity contribution >= 4 is 39.5 Å². The lowest BCUT2D eigenvalue weighted by molar-refractivity contribution is -0.710. The fraction of sp³-hybridized carbons (Fsp3) is 0.273. The van der Waals surface area contributed by atoms with Crippen LogP contribution in [-0.4, -0.2) is 30.5 Å². The van der Waals surface area contributed by atoms with E-state index in [0.29, 0.717) is 5.69 Å². The highest BCUT2D eigenvalue weighted by Gasteiger charge is 2.30. The maximum atomic E-state index is 12.5. The van der Waals surface area contributed by atoms with Crippen LogP contribution in [-0.2, 0) is 4.74 Å². The lowest BCUT2D eigenvalue weighted by Gasteiger charge is -2.21. The summed E-state index contributed by atoms with van der Waals surface area (Å²) < 4.78 is 6.15. The fourth-order valence-electron chi connectivity index (χ4n) is 3.03. The quantitative estimate of drug-likeness (QED) is 0.528. The molecule has 1 aliphatic heterocycles. The van der Waals surface area contributed by atoms with Crippen LogP contribution in [0.3, 0.4) is 0 Å². The third kappa shape index (κ3) is 5.53. The maximum Gasteiger partial charge on any atom is 0.407 e. The van der Waals surface area contributed by atoms with Gasteiger partial charge >= 0.3 is 6.09 Å². The number of nitrogens with one attached hydrogen (secondary N) is 2. The van der Waals surface area contributed by atoms with Crippen molar-refractivity contribution in [2.24, 2.45) is 4.99 Å². The minimum Gasteiger partial charge on any atom is -0.624 e. The van der Waals surface area contributed by atoms with E-state index >= 15 is 0 Å². The van der Waals surface area contributed by atoms with Crippen molar-refractivity contribution in [2.45, 2.75) is 32.4 Å². The number of carbonyl (C=O) groups excluding carboxylic acids is 1. The van der Waals surface area contributed by atoms with Crippen molar-refractivity contribution in [1.29, 1.82) is 0 Å². The Morgan fingerprint density at radius 2 is 1.97 bits per heavy atom. The molecule has 2 N–H and O–H groups in total. The van der Waals surface area contributed by atoms with E-state index in [-0.39, 0.29) is 11.6 Å². The van der Waals surface area contributed by atoms with Crippen molar-refractivity contribution in [1.82, 2.24) is 5.32 Å². The molecule has 2 aromatic rings. The summed E-state index contributed by atoms with van der Waals surface area (Å²) in [5.74, 6) is 0. The van der Waals surface area contributed by atoms with E-state index < -0.39 is 17.7 Å². The molecule has 152 valence electrons. The molecule has 0 saturated heterocycles. The molecule has 0 aromatic heterocycles. The van der Waals surface area contributed by atoms with Crippen LogP contribution in [0, 0.1) is 5.21 Å².